The average Bonchev–Trinajstić information content (AvgIpc) is 2.32. The summed E-state index contributed by atoms with van der Waals surface area (Å²) in [6.07, 6.45) is -0.0757. The minimum Gasteiger partial charge on any atom is -0.405 e. The first-order valence-electron chi connectivity index (χ1n) is 7.53. The maximum absolute atomic E-state index is 12.6. The Hall–Kier alpha value is -0.433. The van der Waals surface area contributed by atoms with Crippen LogP contribution >= 0.6 is 0 Å². The van der Waals surface area contributed by atoms with E-state index >= 15 is 0 Å². The van der Waals surface area contributed by atoms with E-state index in [9.17, 15) is 9.90 Å². The average molecular weight is 320 g/mol. The number of nitrogens with zero attached hydrogens (tertiary/aromatic N) is 1. The van der Waals surface area contributed by atoms with Crippen molar-refractivity contribution in [3.05, 3.63) is 0 Å². The molecule has 5 nitrogen and oxygen atoms in total. The summed E-state index contributed by atoms with van der Waals surface area (Å²) in [6.45, 7) is 14.0. The third kappa shape index (κ3) is 6.06. The number of hydroxylamine groups is 2. The number of carbonyl (C=O) groups excluding carboxylic acids is 1. The molecule has 1 amide bonds. The molecule has 0 bridgehead atoms. The topological polar surface area (TPSA) is 59.0 Å². The number of hydrogen-bond donors (Lipinski definition) is 1. The van der Waals surface area contributed by atoms with Crippen LogP contribution in [-0.2, 0) is 14.1 Å². The molecule has 0 aliphatic heterocycles. The summed E-state index contributed by atoms with van der Waals surface area (Å²) < 4.78 is 5.94. The normalized spacial score (nSPS) is 18.2. The molecule has 21 heavy (non-hydrogen) atoms. The van der Waals surface area contributed by atoms with Crippen LogP contribution in [0, 0.1) is 11.3 Å². The van der Waals surface area contributed by atoms with Gasteiger partial charge in [0.25, 0.3) is 5.91 Å². The quantitative estimate of drug-likeness (QED) is 0.577. The summed E-state index contributed by atoms with van der Waals surface area (Å²) >= 11 is 0. The van der Waals surface area contributed by atoms with E-state index in [1.165, 1.54) is 14.2 Å². The van der Waals surface area contributed by atoms with Gasteiger partial charge in [0.2, 0.25) is 0 Å². The monoisotopic (exact) mass is 319 g/mol. The lowest BCUT2D eigenvalue weighted by Gasteiger charge is -2.40. The summed E-state index contributed by atoms with van der Waals surface area (Å²) in [6, 6.07) is 0. The molecule has 0 aliphatic carbocycles. The highest BCUT2D eigenvalue weighted by atomic mass is 28.3. The lowest BCUT2D eigenvalue weighted by Crippen LogP contribution is -2.58. The van der Waals surface area contributed by atoms with Gasteiger partial charge in [-0.2, -0.15) is 0 Å². The van der Waals surface area contributed by atoms with Crippen molar-refractivity contribution in [3.63, 3.8) is 0 Å². The van der Waals surface area contributed by atoms with E-state index in [1.54, 1.807) is 6.92 Å². The molecule has 0 fully saturated rings. The Morgan fingerprint density at radius 1 is 1.29 bits per heavy atom. The van der Waals surface area contributed by atoms with Crippen molar-refractivity contribution in [2.24, 2.45) is 11.3 Å². The Kier molecular flexibility index (Phi) is 7.56. The van der Waals surface area contributed by atoms with E-state index in [1.807, 2.05) is 20.0 Å². The van der Waals surface area contributed by atoms with E-state index in [4.69, 9.17) is 9.26 Å². The van der Waals surface area contributed by atoms with Crippen LogP contribution in [0.25, 0.3) is 0 Å². The number of amides is 1. The van der Waals surface area contributed by atoms with Gasteiger partial charge in [-0.1, -0.05) is 27.7 Å². The lowest BCUT2D eigenvalue weighted by atomic mass is 9.78. The highest BCUT2D eigenvalue weighted by Crippen LogP contribution is 2.32. The molecule has 0 rings (SSSR count). The number of carbonyl (C=O) groups is 1. The van der Waals surface area contributed by atoms with Crippen molar-refractivity contribution in [3.8, 4) is 0 Å². The molecule has 0 aliphatic rings. The van der Waals surface area contributed by atoms with Gasteiger partial charge in [0.05, 0.1) is 13.2 Å². The van der Waals surface area contributed by atoms with Crippen molar-refractivity contribution in [1.29, 1.82) is 0 Å². The second-order valence-electron chi connectivity index (χ2n) is 7.45. The fourth-order valence-corrected chi connectivity index (χ4v) is 3.97. The Morgan fingerprint density at radius 3 is 2.10 bits per heavy atom. The molecule has 0 aromatic carbocycles. The molecule has 3 atom stereocenters. The van der Waals surface area contributed by atoms with Crippen LogP contribution in [0.4, 0.5) is 0 Å². The van der Waals surface area contributed by atoms with Crippen molar-refractivity contribution >= 4 is 14.9 Å². The van der Waals surface area contributed by atoms with Gasteiger partial charge in [-0.15, -0.1) is 0 Å². The molecule has 0 saturated carbocycles. The summed E-state index contributed by atoms with van der Waals surface area (Å²) in [5, 5.41) is 11.9. The largest absolute Gasteiger partial charge is 0.405 e. The van der Waals surface area contributed by atoms with Crippen LogP contribution in [0.1, 0.15) is 41.0 Å². The van der Waals surface area contributed by atoms with Crippen LogP contribution in [0.5, 0.6) is 0 Å². The van der Waals surface area contributed by atoms with Crippen LogP contribution in [0.2, 0.25) is 13.1 Å². The Morgan fingerprint density at radius 2 is 1.76 bits per heavy atom. The summed E-state index contributed by atoms with van der Waals surface area (Å²) in [5.74, 6) is -0.406. The van der Waals surface area contributed by atoms with Gasteiger partial charge in [-0.3, -0.25) is 9.63 Å². The molecule has 0 unspecified atom stereocenters. The van der Waals surface area contributed by atoms with E-state index in [-0.39, 0.29) is 17.2 Å². The Labute approximate surface area is 131 Å². The zero-order valence-corrected chi connectivity index (χ0v) is 16.2. The second-order valence-corrected chi connectivity index (χ2v) is 9.78. The third-order valence-corrected chi connectivity index (χ3v) is 4.46. The van der Waals surface area contributed by atoms with E-state index < -0.39 is 20.7 Å². The van der Waals surface area contributed by atoms with Crippen molar-refractivity contribution in [1.82, 2.24) is 5.06 Å². The van der Waals surface area contributed by atoms with Crippen LogP contribution in [0.15, 0.2) is 0 Å². The standard InChI is InChI=1S/C15H33NO4Si/c1-11(10-14(2,3)4)12(17)15(5,20-21(8)9)13(18)16(6)19-7/h11-12,17,21H,10H2,1-9H3/t11-,12+,15+/m0/s1. The zero-order chi connectivity index (χ0) is 17.0. The number of aliphatic hydroxyl groups excluding tert-OH is 1. The number of likely N-dealkylation sites (N-methyl/N-ethyl adjacent to an activating group) is 1. The maximum atomic E-state index is 12.6. The second kappa shape index (κ2) is 7.72. The van der Waals surface area contributed by atoms with Crippen LogP contribution in [-0.4, -0.2) is 51.0 Å². The summed E-state index contributed by atoms with van der Waals surface area (Å²) in [4.78, 5) is 17.6. The predicted octanol–water partition coefficient (Wildman–Crippen LogP) is 2.20. The van der Waals surface area contributed by atoms with Gasteiger partial charge >= 0.3 is 0 Å². The van der Waals surface area contributed by atoms with Gasteiger partial charge in [-0.25, -0.2) is 5.06 Å². The minimum absolute atomic E-state index is 0.0584. The van der Waals surface area contributed by atoms with E-state index in [0.29, 0.717) is 0 Å². The van der Waals surface area contributed by atoms with Crippen molar-refractivity contribution in [2.45, 2.75) is 65.8 Å². The fourth-order valence-electron chi connectivity index (χ4n) is 2.75. The van der Waals surface area contributed by atoms with Gasteiger partial charge in [0.1, 0.15) is 0 Å². The molecule has 0 aromatic heterocycles. The fraction of sp³-hybridized carbons (Fsp3) is 0.933. The first-order valence-corrected chi connectivity index (χ1v) is 10.3. The molecule has 6 heteroatoms. The molecule has 126 valence electrons. The highest BCUT2D eigenvalue weighted by Gasteiger charge is 2.47. The van der Waals surface area contributed by atoms with Crippen LogP contribution < -0.4 is 0 Å². The lowest BCUT2D eigenvalue weighted by molar-refractivity contribution is -0.196. The molecule has 0 spiro atoms. The third-order valence-electron chi connectivity index (χ3n) is 3.50. The zero-order valence-electron chi connectivity index (χ0n) is 15.1. The minimum atomic E-state index is -1.52. The number of rotatable bonds is 7. The highest BCUT2D eigenvalue weighted by molar-refractivity contribution is 6.48. The molecule has 0 aromatic rings. The first kappa shape index (κ1) is 20.6. The molecule has 0 saturated heterocycles. The molecular weight excluding hydrogens is 286 g/mol. The van der Waals surface area contributed by atoms with E-state index in [2.05, 4.69) is 20.8 Å². The predicted molar refractivity (Wildman–Crippen MR) is 87.4 cm³/mol. The molecule has 0 radical (unpaired) electrons. The van der Waals surface area contributed by atoms with Gasteiger partial charge < -0.3 is 9.53 Å². The van der Waals surface area contributed by atoms with Crippen LogP contribution in [0.3, 0.4) is 0 Å². The molecule has 1 N–H and O–H groups in total. The number of hydrogen-bond acceptors (Lipinski definition) is 4. The molecule has 0 heterocycles. The maximum Gasteiger partial charge on any atom is 0.279 e. The Bertz CT molecular complexity index is 343. The molecular formula is C15H33NO4Si. The van der Waals surface area contributed by atoms with Crippen molar-refractivity contribution in [2.75, 3.05) is 14.2 Å². The van der Waals surface area contributed by atoms with E-state index in [0.717, 1.165) is 11.5 Å². The van der Waals surface area contributed by atoms with Gasteiger partial charge in [0.15, 0.2) is 14.6 Å². The van der Waals surface area contributed by atoms with Gasteiger partial charge in [-0.05, 0) is 37.8 Å². The van der Waals surface area contributed by atoms with Crippen molar-refractivity contribution < 1.29 is 19.2 Å². The smallest absolute Gasteiger partial charge is 0.279 e. The Balaban J connectivity index is 5.34. The number of aliphatic hydroxyl groups is 1. The van der Waals surface area contributed by atoms with Gasteiger partial charge in [0, 0.05) is 7.05 Å². The summed E-state index contributed by atoms with van der Waals surface area (Å²) in [5.41, 5.74) is -1.19. The summed E-state index contributed by atoms with van der Waals surface area (Å²) in [7, 11) is 1.44. The first-order chi connectivity index (χ1) is 9.35. The SMILES string of the molecule is CON(C)C(=O)[C@](C)(O[SiH](C)C)[C@H](O)[C@@H](C)CC(C)(C)C.